The molecule has 19 heavy (non-hydrogen) atoms. The second-order valence-corrected chi connectivity index (χ2v) is 6.40. The van der Waals surface area contributed by atoms with E-state index in [4.69, 9.17) is 16.3 Å². The van der Waals surface area contributed by atoms with Gasteiger partial charge < -0.3 is 10.1 Å². The monoisotopic (exact) mass is 345 g/mol. The first-order chi connectivity index (χ1) is 9.20. The molecule has 1 aliphatic heterocycles. The second-order valence-electron chi connectivity index (χ2n) is 5.08. The van der Waals surface area contributed by atoms with Crippen molar-refractivity contribution >= 4 is 27.5 Å². The van der Waals surface area contributed by atoms with Gasteiger partial charge >= 0.3 is 0 Å². The molecule has 2 unspecified atom stereocenters. The highest BCUT2D eigenvalue weighted by molar-refractivity contribution is 9.10. The molecule has 2 rings (SSSR count). The summed E-state index contributed by atoms with van der Waals surface area (Å²) in [5.41, 5.74) is 1.21. The van der Waals surface area contributed by atoms with E-state index in [0.717, 1.165) is 35.7 Å². The Morgan fingerprint density at radius 2 is 2.37 bits per heavy atom. The molecule has 4 heteroatoms. The van der Waals surface area contributed by atoms with Gasteiger partial charge in [0.1, 0.15) is 0 Å². The van der Waals surface area contributed by atoms with Gasteiger partial charge in [-0.25, -0.2) is 0 Å². The molecule has 1 N–H and O–H groups in total. The van der Waals surface area contributed by atoms with Crippen LogP contribution < -0.4 is 5.32 Å². The van der Waals surface area contributed by atoms with Crippen molar-refractivity contribution in [3.05, 3.63) is 33.3 Å². The zero-order chi connectivity index (χ0) is 13.7. The third-order valence-corrected chi connectivity index (χ3v) is 4.53. The van der Waals surface area contributed by atoms with Crippen molar-refractivity contribution in [2.45, 2.75) is 32.2 Å². The molecule has 1 aromatic carbocycles. The van der Waals surface area contributed by atoms with Crippen LogP contribution in [0.3, 0.4) is 0 Å². The van der Waals surface area contributed by atoms with Crippen molar-refractivity contribution in [1.82, 2.24) is 5.32 Å². The second kappa shape index (κ2) is 7.63. The molecule has 0 aromatic heterocycles. The number of hydrogen-bond donors (Lipinski definition) is 1. The maximum absolute atomic E-state index is 6.32. The molecule has 106 valence electrons. The third-order valence-electron chi connectivity index (χ3n) is 3.69. The van der Waals surface area contributed by atoms with Gasteiger partial charge in [0.25, 0.3) is 0 Å². The quantitative estimate of drug-likeness (QED) is 0.868. The predicted molar refractivity (Wildman–Crippen MR) is 83.9 cm³/mol. The molecule has 2 nitrogen and oxygen atoms in total. The fraction of sp³-hybridized carbons (Fsp3) is 0.600. The van der Waals surface area contributed by atoms with Gasteiger partial charge in [-0.3, -0.25) is 0 Å². The topological polar surface area (TPSA) is 21.3 Å². The molecule has 1 aliphatic rings. The van der Waals surface area contributed by atoms with E-state index >= 15 is 0 Å². The Labute approximate surface area is 129 Å². The van der Waals surface area contributed by atoms with E-state index < -0.39 is 0 Å². The Morgan fingerprint density at radius 3 is 3.00 bits per heavy atom. The molecule has 0 radical (unpaired) electrons. The Morgan fingerprint density at radius 1 is 1.53 bits per heavy atom. The lowest BCUT2D eigenvalue weighted by Crippen LogP contribution is -2.41. The average Bonchev–Trinajstić information content (AvgIpc) is 2.42. The summed E-state index contributed by atoms with van der Waals surface area (Å²) in [5.74, 6) is 0.591. The van der Waals surface area contributed by atoms with Crippen molar-refractivity contribution in [3.8, 4) is 0 Å². The van der Waals surface area contributed by atoms with Gasteiger partial charge in [-0.15, -0.1) is 0 Å². The van der Waals surface area contributed by atoms with E-state index in [9.17, 15) is 0 Å². The summed E-state index contributed by atoms with van der Waals surface area (Å²) >= 11 is 9.77. The van der Waals surface area contributed by atoms with Crippen LogP contribution in [0.5, 0.6) is 0 Å². The van der Waals surface area contributed by atoms with Crippen LogP contribution in [-0.4, -0.2) is 25.8 Å². The Bertz CT molecular complexity index is 407. The normalized spacial score (nSPS) is 21.3. The molecule has 1 fully saturated rings. The van der Waals surface area contributed by atoms with Gasteiger partial charge in [-0.05, 0) is 49.4 Å². The highest BCUT2D eigenvalue weighted by Gasteiger charge is 2.24. The minimum absolute atomic E-state index is 0.448. The van der Waals surface area contributed by atoms with E-state index in [0.29, 0.717) is 12.0 Å². The average molecular weight is 347 g/mol. The maximum Gasteiger partial charge on any atom is 0.0509 e. The summed E-state index contributed by atoms with van der Waals surface area (Å²) in [4.78, 5) is 0. The molecular formula is C15H21BrClNO. The first-order valence-corrected chi connectivity index (χ1v) is 8.13. The summed E-state index contributed by atoms with van der Waals surface area (Å²) in [5, 5.41) is 4.43. The molecule has 0 aliphatic carbocycles. The van der Waals surface area contributed by atoms with Crippen LogP contribution >= 0.6 is 27.5 Å². The van der Waals surface area contributed by atoms with E-state index in [1.165, 1.54) is 18.4 Å². The summed E-state index contributed by atoms with van der Waals surface area (Å²) in [6, 6.07) is 6.59. The molecule has 1 aromatic rings. The van der Waals surface area contributed by atoms with Crippen LogP contribution in [0.4, 0.5) is 0 Å². The fourth-order valence-electron chi connectivity index (χ4n) is 2.67. The third kappa shape index (κ3) is 4.45. The zero-order valence-electron chi connectivity index (χ0n) is 11.3. The van der Waals surface area contributed by atoms with Crippen LogP contribution in [0.25, 0.3) is 0 Å². The Hall–Kier alpha value is -0.0900. The van der Waals surface area contributed by atoms with Gasteiger partial charge in [0.05, 0.1) is 6.61 Å². The molecule has 0 spiro atoms. The van der Waals surface area contributed by atoms with Gasteiger partial charge in [0.15, 0.2) is 0 Å². The zero-order valence-corrected chi connectivity index (χ0v) is 13.6. The lowest BCUT2D eigenvalue weighted by molar-refractivity contribution is 0.0396. The van der Waals surface area contributed by atoms with Crippen molar-refractivity contribution in [3.63, 3.8) is 0 Å². The highest BCUT2D eigenvalue weighted by Crippen LogP contribution is 2.26. The van der Waals surface area contributed by atoms with Crippen molar-refractivity contribution < 1.29 is 4.74 Å². The Kier molecular flexibility index (Phi) is 6.14. The number of rotatable bonds is 5. The minimum atomic E-state index is 0.448. The molecule has 0 amide bonds. The number of hydrogen-bond acceptors (Lipinski definition) is 2. The largest absolute Gasteiger partial charge is 0.381 e. The smallest absolute Gasteiger partial charge is 0.0509 e. The molecule has 0 saturated carbocycles. The summed E-state index contributed by atoms with van der Waals surface area (Å²) < 4.78 is 6.65. The first kappa shape index (κ1) is 15.3. The van der Waals surface area contributed by atoms with E-state index in [1.54, 1.807) is 0 Å². The van der Waals surface area contributed by atoms with Crippen molar-refractivity contribution in [1.29, 1.82) is 0 Å². The van der Waals surface area contributed by atoms with Crippen LogP contribution in [0.1, 0.15) is 25.3 Å². The molecule has 1 saturated heterocycles. The van der Waals surface area contributed by atoms with Crippen LogP contribution in [0.15, 0.2) is 22.7 Å². The summed E-state index contributed by atoms with van der Waals surface area (Å²) in [6.45, 7) is 4.91. The maximum atomic E-state index is 6.32. The van der Waals surface area contributed by atoms with Crippen molar-refractivity contribution in [2.75, 3.05) is 19.8 Å². The molecular weight excluding hydrogens is 326 g/mol. The van der Waals surface area contributed by atoms with Crippen LogP contribution in [0, 0.1) is 5.92 Å². The molecule has 1 heterocycles. The van der Waals surface area contributed by atoms with Crippen LogP contribution in [0.2, 0.25) is 5.02 Å². The number of likely N-dealkylation sites (N-methyl/N-ethyl adjacent to an activating group) is 1. The van der Waals surface area contributed by atoms with E-state index in [-0.39, 0.29) is 0 Å². The SMILES string of the molecule is CCNC(Cc1ccc(Br)cc1Cl)C1CCCOC1. The standard InChI is InChI=1S/C15H21BrClNO/c1-2-18-15(12-4-3-7-19-10-12)8-11-5-6-13(16)9-14(11)17/h5-6,9,12,15,18H,2-4,7-8,10H2,1H3. The van der Waals surface area contributed by atoms with Crippen molar-refractivity contribution in [2.24, 2.45) is 5.92 Å². The summed E-state index contributed by atoms with van der Waals surface area (Å²) in [6.07, 6.45) is 3.38. The van der Waals surface area contributed by atoms with Gasteiger partial charge in [0.2, 0.25) is 0 Å². The number of benzene rings is 1. The van der Waals surface area contributed by atoms with Gasteiger partial charge in [0, 0.05) is 22.1 Å². The fourth-order valence-corrected chi connectivity index (χ4v) is 3.43. The number of halogens is 2. The Balaban J connectivity index is 2.06. The van der Waals surface area contributed by atoms with E-state index in [1.807, 2.05) is 6.07 Å². The lowest BCUT2D eigenvalue weighted by atomic mass is 9.89. The first-order valence-electron chi connectivity index (χ1n) is 6.95. The summed E-state index contributed by atoms with van der Waals surface area (Å²) in [7, 11) is 0. The number of ether oxygens (including phenoxy) is 1. The highest BCUT2D eigenvalue weighted by atomic mass is 79.9. The van der Waals surface area contributed by atoms with Gasteiger partial charge in [-0.2, -0.15) is 0 Å². The van der Waals surface area contributed by atoms with E-state index in [2.05, 4.69) is 40.3 Å². The van der Waals surface area contributed by atoms with Gasteiger partial charge in [-0.1, -0.05) is 40.5 Å². The molecule has 2 atom stereocenters. The number of nitrogens with one attached hydrogen (secondary N) is 1. The predicted octanol–water partition coefficient (Wildman–Crippen LogP) is 4.05. The lowest BCUT2D eigenvalue weighted by Gasteiger charge is -2.31. The van der Waals surface area contributed by atoms with Crippen LogP contribution in [-0.2, 0) is 11.2 Å². The molecule has 0 bridgehead atoms. The minimum Gasteiger partial charge on any atom is -0.381 e.